The van der Waals surface area contributed by atoms with Crippen LogP contribution >= 0.6 is 0 Å². The summed E-state index contributed by atoms with van der Waals surface area (Å²) in [7, 11) is 0. The van der Waals surface area contributed by atoms with Crippen LogP contribution in [0.3, 0.4) is 0 Å². The maximum absolute atomic E-state index is 2.35. The highest BCUT2D eigenvalue weighted by Crippen LogP contribution is 2.14. The molecule has 0 nitrogen and oxygen atoms in total. The maximum Gasteiger partial charge on any atom is -0.0254 e. The molecule has 0 saturated carbocycles. The molecular weight excluding hydrogens is 228 g/mol. The summed E-state index contributed by atoms with van der Waals surface area (Å²) >= 11 is 0. The van der Waals surface area contributed by atoms with Gasteiger partial charge in [0, 0.05) is 0 Å². The van der Waals surface area contributed by atoms with E-state index in [1.165, 1.54) is 56.1 Å². The minimum absolute atomic E-state index is 1.17. The zero-order chi connectivity index (χ0) is 13.8. The fraction of sp³-hybridized carbons (Fsp3) is 0.474. The fourth-order valence-electron chi connectivity index (χ4n) is 2.18. The molecule has 0 fully saturated rings. The van der Waals surface area contributed by atoms with Gasteiger partial charge in [-0.1, -0.05) is 88.1 Å². The monoisotopic (exact) mass is 256 g/mol. The summed E-state index contributed by atoms with van der Waals surface area (Å²) in [4.78, 5) is 0. The highest BCUT2D eigenvalue weighted by Gasteiger charge is 1.93. The Kier molecular flexibility index (Phi) is 8.80. The van der Waals surface area contributed by atoms with Gasteiger partial charge in [0.2, 0.25) is 0 Å². The zero-order valence-corrected chi connectivity index (χ0v) is 12.6. The number of hydrogen-bond acceptors (Lipinski definition) is 0. The average molecular weight is 256 g/mol. The van der Waals surface area contributed by atoms with Gasteiger partial charge in [0.15, 0.2) is 0 Å². The van der Waals surface area contributed by atoms with Crippen molar-refractivity contribution in [1.29, 1.82) is 0 Å². The normalized spacial score (nSPS) is 12.2. The summed E-state index contributed by atoms with van der Waals surface area (Å²) in [6.07, 6.45) is 16.0. The molecule has 1 aromatic carbocycles. The summed E-state index contributed by atoms with van der Waals surface area (Å²) in [6, 6.07) is 10.6. The van der Waals surface area contributed by atoms with Gasteiger partial charge in [-0.2, -0.15) is 0 Å². The molecule has 0 aliphatic heterocycles. The molecule has 1 rings (SSSR count). The fourth-order valence-corrected chi connectivity index (χ4v) is 2.18. The van der Waals surface area contributed by atoms with E-state index in [0.29, 0.717) is 0 Å². The summed E-state index contributed by atoms with van der Waals surface area (Å²) in [5.41, 5.74) is 2.76. The average Bonchev–Trinajstić information content (AvgIpc) is 2.44. The van der Waals surface area contributed by atoms with E-state index in [4.69, 9.17) is 0 Å². The van der Waals surface area contributed by atoms with Gasteiger partial charge in [-0.3, -0.25) is 0 Å². The van der Waals surface area contributed by atoms with Crippen molar-refractivity contribution in [2.45, 2.75) is 58.8 Å². The van der Waals surface area contributed by atoms with Crippen molar-refractivity contribution in [3.8, 4) is 0 Å². The van der Waals surface area contributed by atoms with Crippen LogP contribution in [0.25, 0.3) is 6.08 Å². The van der Waals surface area contributed by atoms with Gasteiger partial charge in [-0.05, 0) is 30.4 Å². The third-order valence-electron chi connectivity index (χ3n) is 3.25. The van der Waals surface area contributed by atoms with E-state index in [9.17, 15) is 0 Å². The van der Waals surface area contributed by atoms with E-state index in [-0.39, 0.29) is 0 Å². The van der Waals surface area contributed by atoms with Crippen LogP contribution in [0.2, 0.25) is 0 Å². The molecule has 1 aromatic rings. The molecule has 0 bridgehead atoms. The molecule has 19 heavy (non-hydrogen) atoms. The summed E-state index contributed by atoms with van der Waals surface area (Å²) in [5, 5.41) is 0. The van der Waals surface area contributed by atoms with Crippen LogP contribution in [0, 0.1) is 0 Å². The van der Waals surface area contributed by atoms with E-state index < -0.39 is 0 Å². The minimum Gasteiger partial charge on any atom is -0.0843 e. The molecule has 0 heterocycles. The Balaban J connectivity index is 2.48. The highest BCUT2D eigenvalue weighted by atomic mass is 14.0. The SMILES string of the molecule is CCCCCC/C=C/C(=C\c1ccccc1)CCC. The second-order valence-electron chi connectivity index (χ2n) is 5.13. The van der Waals surface area contributed by atoms with Crippen LogP contribution in [0.4, 0.5) is 0 Å². The van der Waals surface area contributed by atoms with Crippen LogP contribution in [0.1, 0.15) is 64.4 Å². The van der Waals surface area contributed by atoms with Crippen LogP contribution in [-0.2, 0) is 0 Å². The largest absolute Gasteiger partial charge is 0.0843 e. The molecule has 0 aromatic heterocycles. The van der Waals surface area contributed by atoms with Gasteiger partial charge in [-0.25, -0.2) is 0 Å². The van der Waals surface area contributed by atoms with Crippen LogP contribution in [0.5, 0.6) is 0 Å². The van der Waals surface area contributed by atoms with Gasteiger partial charge in [0.25, 0.3) is 0 Å². The molecule has 104 valence electrons. The Morgan fingerprint density at radius 3 is 2.42 bits per heavy atom. The predicted octanol–water partition coefficient (Wildman–Crippen LogP) is 6.40. The van der Waals surface area contributed by atoms with Crippen molar-refractivity contribution in [2.75, 3.05) is 0 Å². The van der Waals surface area contributed by atoms with Crippen LogP contribution in [-0.4, -0.2) is 0 Å². The molecule has 0 N–H and O–H groups in total. The van der Waals surface area contributed by atoms with Gasteiger partial charge in [-0.15, -0.1) is 0 Å². The lowest BCUT2D eigenvalue weighted by Crippen LogP contribution is -1.80. The molecule has 0 spiro atoms. The molecule has 0 amide bonds. The lowest BCUT2D eigenvalue weighted by molar-refractivity contribution is 0.674. The van der Waals surface area contributed by atoms with Crippen molar-refractivity contribution in [2.24, 2.45) is 0 Å². The Morgan fingerprint density at radius 2 is 1.74 bits per heavy atom. The maximum atomic E-state index is 2.35. The third-order valence-corrected chi connectivity index (χ3v) is 3.25. The molecule has 0 unspecified atom stereocenters. The van der Waals surface area contributed by atoms with E-state index in [1.54, 1.807) is 0 Å². The molecule has 0 aliphatic rings. The van der Waals surface area contributed by atoms with E-state index >= 15 is 0 Å². The second-order valence-corrected chi connectivity index (χ2v) is 5.13. The molecule has 0 heteroatoms. The summed E-state index contributed by atoms with van der Waals surface area (Å²) in [5.74, 6) is 0. The van der Waals surface area contributed by atoms with Crippen molar-refractivity contribution in [3.63, 3.8) is 0 Å². The number of rotatable bonds is 9. The second kappa shape index (κ2) is 10.6. The summed E-state index contributed by atoms with van der Waals surface area (Å²) < 4.78 is 0. The lowest BCUT2D eigenvalue weighted by atomic mass is 10.0. The van der Waals surface area contributed by atoms with Gasteiger partial charge >= 0.3 is 0 Å². The zero-order valence-electron chi connectivity index (χ0n) is 12.6. The van der Waals surface area contributed by atoms with Crippen LogP contribution in [0.15, 0.2) is 48.1 Å². The van der Waals surface area contributed by atoms with Gasteiger partial charge < -0.3 is 0 Å². The van der Waals surface area contributed by atoms with Gasteiger partial charge in [0.05, 0.1) is 0 Å². The number of allylic oxidation sites excluding steroid dienone is 3. The van der Waals surface area contributed by atoms with E-state index in [2.05, 4.69) is 62.4 Å². The number of hydrogen-bond donors (Lipinski definition) is 0. The smallest absolute Gasteiger partial charge is 0.0254 e. The first-order chi connectivity index (χ1) is 9.36. The summed E-state index contributed by atoms with van der Waals surface area (Å²) in [6.45, 7) is 4.51. The molecule has 0 saturated heterocycles. The Morgan fingerprint density at radius 1 is 0.947 bits per heavy atom. The molecule has 0 aliphatic carbocycles. The number of unbranched alkanes of at least 4 members (excludes halogenated alkanes) is 4. The van der Waals surface area contributed by atoms with E-state index in [0.717, 1.165) is 0 Å². The topological polar surface area (TPSA) is 0 Å². The molecule has 0 atom stereocenters. The van der Waals surface area contributed by atoms with Crippen LogP contribution < -0.4 is 0 Å². The predicted molar refractivity (Wildman–Crippen MR) is 87.2 cm³/mol. The van der Waals surface area contributed by atoms with Crippen molar-refractivity contribution >= 4 is 6.08 Å². The Hall–Kier alpha value is -1.30. The first kappa shape index (κ1) is 15.8. The Labute approximate surface area is 119 Å². The standard InChI is InChI=1S/C19H28/c1-3-5-6-7-8-10-14-18(13-4-2)17-19-15-11-9-12-16-19/h9-12,14-17H,3-8,13H2,1-2H3/b14-10+,18-17-. The third kappa shape index (κ3) is 7.66. The molecule has 0 radical (unpaired) electrons. The van der Waals surface area contributed by atoms with Gasteiger partial charge in [0.1, 0.15) is 0 Å². The van der Waals surface area contributed by atoms with Crippen molar-refractivity contribution < 1.29 is 0 Å². The lowest BCUT2D eigenvalue weighted by Gasteiger charge is -2.01. The first-order valence-corrected chi connectivity index (χ1v) is 7.79. The Bertz CT molecular complexity index is 370. The van der Waals surface area contributed by atoms with Crippen molar-refractivity contribution in [3.05, 3.63) is 53.6 Å². The highest BCUT2D eigenvalue weighted by molar-refractivity contribution is 5.55. The first-order valence-electron chi connectivity index (χ1n) is 7.79. The number of benzene rings is 1. The minimum atomic E-state index is 1.17. The quantitative estimate of drug-likeness (QED) is 0.354. The van der Waals surface area contributed by atoms with Crippen molar-refractivity contribution in [1.82, 2.24) is 0 Å². The molecular formula is C19H28. The van der Waals surface area contributed by atoms with E-state index in [1.807, 2.05) is 0 Å².